The summed E-state index contributed by atoms with van der Waals surface area (Å²) in [7, 11) is -3.64. The van der Waals surface area contributed by atoms with Gasteiger partial charge in [-0.3, -0.25) is 4.52 Å². The minimum absolute atomic E-state index is 0.0563. The van der Waals surface area contributed by atoms with E-state index in [2.05, 4.69) is 10.1 Å². The van der Waals surface area contributed by atoms with Gasteiger partial charge in [0.15, 0.2) is 12.0 Å². The minimum Gasteiger partial charge on any atom is -0.391 e. The number of alkyl halides is 3. The maximum absolute atomic E-state index is 12.7. The maximum atomic E-state index is 12.7. The smallest absolute Gasteiger partial charge is 0.391 e. The third-order valence-corrected chi connectivity index (χ3v) is 3.97. The van der Waals surface area contributed by atoms with Crippen molar-refractivity contribution >= 4 is 7.60 Å². The fourth-order valence-corrected chi connectivity index (χ4v) is 2.71. The van der Waals surface area contributed by atoms with Gasteiger partial charge in [0.05, 0.1) is 12.2 Å². The Hall–Kier alpha value is -1.70. The fraction of sp³-hybridized carbons (Fsp3) is 0.333. The number of aromatic nitrogens is 2. The highest BCUT2D eigenvalue weighted by Gasteiger charge is 2.32. The molecule has 2 rings (SSSR count). The minimum atomic E-state index is -4.48. The fourth-order valence-electron chi connectivity index (χ4n) is 1.70. The van der Waals surface area contributed by atoms with E-state index in [-0.39, 0.29) is 30.0 Å². The van der Waals surface area contributed by atoms with Crippen LogP contribution in [0.15, 0.2) is 28.8 Å². The van der Waals surface area contributed by atoms with E-state index in [0.29, 0.717) is 0 Å². The molecule has 1 heterocycles. The van der Waals surface area contributed by atoms with Gasteiger partial charge in [-0.05, 0) is 25.1 Å². The Balaban J connectivity index is 2.23. The van der Waals surface area contributed by atoms with Crippen LogP contribution in [0.2, 0.25) is 0 Å². The van der Waals surface area contributed by atoms with Crippen LogP contribution in [0.25, 0.3) is 11.5 Å². The largest absolute Gasteiger partial charge is 0.480 e. The molecule has 0 radical (unpaired) electrons. The standard InChI is InChI=1S/C12H12F3N2O4P/c1-2-20-22(18,19)7-10-16-11(21-17-10)8-4-3-5-9(6-8)12(13,14)15/h3-6H,2,7H2,1H3,(H,18,19)/p+1. The van der Waals surface area contributed by atoms with E-state index in [1.165, 1.54) is 12.1 Å². The van der Waals surface area contributed by atoms with E-state index in [1.54, 1.807) is 6.92 Å². The van der Waals surface area contributed by atoms with Crippen LogP contribution >= 0.6 is 7.60 Å². The molecule has 1 aromatic heterocycles. The number of benzene rings is 1. The van der Waals surface area contributed by atoms with Crippen molar-refractivity contribution in [2.45, 2.75) is 19.3 Å². The summed E-state index contributed by atoms with van der Waals surface area (Å²) in [5, 5.41) is 3.51. The Morgan fingerprint density at radius 3 is 2.77 bits per heavy atom. The molecule has 6 nitrogen and oxygen atoms in total. The Kier molecular flexibility index (Phi) is 4.69. The predicted molar refractivity (Wildman–Crippen MR) is 71.3 cm³/mol. The monoisotopic (exact) mass is 337 g/mol. The molecule has 0 aliphatic heterocycles. The third-order valence-electron chi connectivity index (χ3n) is 2.59. The van der Waals surface area contributed by atoms with Gasteiger partial charge in [0.1, 0.15) is 0 Å². The van der Waals surface area contributed by atoms with Crippen molar-refractivity contribution in [2.24, 2.45) is 0 Å². The quantitative estimate of drug-likeness (QED) is 0.617. The van der Waals surface area contributed by atoms with Crippen LogP contribution in [0.1, 0.15) is 18.3 Å². The van der Waals surface area contributed by atoms with Crippen molar-refractivity contribution in [1.82, 2.24) is 10.1 Å². The van der Waals surface area contributed by atoms with E-state index in [1.807, 2.05) is 0 Å². The lowest BCUT2D eigenvalue weighted by atomic mass is 10.1. The van der Waals surface area contributed by atoms with Crippen LogP contribution < -0.4 is 0 Å². The lowest BCUT2D eigenvalue weighted by molar-refractivity contribution is -0.137. The van der Waals surface area contributed by atoms with Crippen molar-refractivity contribution in [1.29, 1.82) is 0 Å². The zero-order chi connectivity index (χ0) is 16.4. The Bertz CT molecular complexity index is 702. The average molecular weight is 337 g/mol. The Labute approximate surface area is 123 Å². The highest BCUT2D eigenvalue weighted by atomic mass is 31.2. The second-order valence-corrected chi connectivity index (χ2v) is 6.26. The van der Waals surface area contributed by atoms with Gasteiger partial charge in [-0.25, -0.2) is 4.57 Å². The van der Waals surface area contributed by atoms with Crippen LogP contribution in [0, 0.1) is 0 Å². The summed E-state index contributed by atoms with van der Waals surface area (Å²) >= 11 is 0. The molecule has 0 fully saturated rings. The Morgan fingerprint density at radius 2 is 2.14 bits per heavy atom. The molecule has 0 bridgehead atoms. The molecule has 0 saturated carbocycles. The molecule has 10 heteroatoms. The summed E-state index contributed by atoms with van der Waals surface area (Å²) in [5.41, 5.74) is -0.755. The second kappa shape index (κ2) is 6.20. The molecule has 120 valence electrons. The van der Waals surface area contributed by atoms with E-state index in [9.17, 15) is 17.7 Å². The van der Waals surface area contributed by atoms with E-state index < -0.39 is 19.3 Å². The van der Waals surface area contributed by atoms with Crippen LogP contribution in [-0.4, -0.2) is 21.6 Å². The molecule has 0 amide bonds. The first-order valence-electron chi connectivity index (χ1n) is 6.20. The number of rotatable bonds is 5. The zero-order valence-corrected chi connectivity index (χ0v) is 12.3. The number of halogens is 3. The molecule has 2 N–H and O–H groups in total. The first-order valence-corrected chi connectivity index (χ1v) is 8.01. The lowest BCUT2D eigenvalue weighted by Crippen LogP contribution is -2.04. The summed E-state index contributed by atoms with van der Waals surface area (Å²) in [4.78, 5) is 11.3. The van der Waals surface area contributed by atoms with Gasteiger partial charge in [-0.15, -0.1) is 0 Å². The Morgan fingerprint density at radius 1 is 1.41 bits per heavy atom. The first kappa shape index (κ1) is 16.7. The van der Waals surface area contributed by atoms with Crippen molar-refractivity contribution in [3.63, 3.8) is 0 Å². The number of nitrogens with zero attached hydrogens (tertiary/aromatic N) is 2. The topological polar surface area (TPSA) is 88.1 Å². The number of hydrogen-bond donors (Lipinski definition) is 0. The van der Waals surface area contributed by atoms with E-state index >= 15 is 0 Å². The number of hydrogen-bond acceptors (Lipinski definition) is 5. The molecular weight excluding hydrogens is 324 g/mol. The van der Waals surface area contributed by atoms with Gasteiger partial charge in [0.25, 0.3) is 5.89 Å². The van der Waals surface area contributed by atoms with Crippen molar-refractivity contribution in [3.8, 4) is 11.5 Å². The average Bonchev–Trinajstić information content (AvgIpc) is 2.85. The van der Waals surface area contributed by atoms with Crippen molar-refractivity contribution < 1.29 is 31.7 Å². The van der Waals surface area contributed by atoms with Gasteiger partial charge in [0, 0.05) is 5.56 Å². The highest BCUT2D eigenvalue weighted by molar-refractivity contribution is 7.51. The SMILES string of the molecule is CCOP(=O)([OH2+])Cc1noc(-c2cccc(C(F)(F)F)c2)n1. The normalized spacial score (nSPS) is 14.8. The molecule has 22 heavy (non-hydrogen) atoms. The molecule has 0 spiro atoms. The van der Waals surface area contributed by atoms with Crippen LogP contribution in [0.5, 0.6) is 0 Å². The highest BCUT2D eigenvalue weighted by Crippen LogP contribution is 2.45. The molecule has 1 atom stereocenters. The van der Waals surface area contributed by atoms with Crippen LogP contribution in [0.3, 0.4) is 0 Å². The molecular formula is C12H13F3N2O4P+. The zero-order valence-electron chi connectivity index (χ0n) is 11.4. The maximum Gasteiger partial charge on any atom is 0.480 e. The summed E-state index contributed by atoms with van der Waals surface area (Å²) in [6.07, 6.45) is -4.85. The van der Waals surface area contributed by atoms with Crippen molar-refractivity contribution in [3.05, 3.63) is 35.7 Å². The van der Waals surface area contributed by atoms with Gasteiger partial charge in [-0.2, -0.15) is 18.2 Å². The summed E-state index contributed by atoms with van der Waals surface area (Å²) < 4.78 is 59.3. The van der Waals surface area contributed by atoms with Gasteiger partial charge >= 0.3 is 13.8 Å². The molecule has 0 saturated heterocycles. The summed E-state index contributed by atoms with van der Waals surface area (Å²) in [6, 6.07) is 4.40. The lowest BCUT2D eigenvalue weighted by Gasteiger charge is -2.06. The molecule has 1 aromatic carbocycles. The second-order valence-electron chi connectivity index (χ2n) is 4.34. The van der Waals surface area contributed by atoms with Gasteiger partial charge in [0.2, 0.25) is 0 Å². The molecule has 0 aliphatic rings. The van der Waals surface area contributed by atoms with Crippen LogP contribution in [0.4, 0.5) is 13.2 Å². The van der Waals surface area contributed by atoms with Gasteiger partial charge < -0.3 is 9.42 Å². The van der Waals surface area contributed by atoms with Crippen LogP contribution in [-0.2, 0) is 21.4 Å². The summed E-state index contributed by atoms with van der Waals surface area (Å²) in [6.45, 7) is 1.69. The molecule has 2 aromatic rings. The van der Waals surface area contributed by atoms with E-state index in [4.69, 9.17) is 13.9 Å². The molecule has 1 unspecified atom stereocenters. The summed E-state index contributed by atoms with van der Waals surface area (Å²) in [5.74, 6) is -0.197. The molecule has 0 aliphatic carbocycles. The van der Waals surface area contributed by atoms with E-state index in [0.717, 1.165) is 12.1 Å². The predicted octanol–water partition coefficient (Wildman–Crippen LogP) is 3.21. The first-order chi connectivity index (χ1) is 10.2. The third kappa shape index (κ3) is 4.16. The van der Waals surface area contributed by atoms with Crippen molar-refractivity contribution in [2.75, 3.05) is 6.61 Å². The van der Waals surface area contributed by atoms with Gasteiger partial charge in [-0.1, -0.05) is 11.2 Å².